The minimum Gasteiger partial charge on any atom is -0.469 e. The summed E-state index contributed by atoms with van der Waals surface area (Å²) in [6.45, 7) is 0. The average Bonchev–Trinajstić information content (AvgIpc) is 2.71. The zero-order valence-corrected chi connectivity index (χ0v) is 16.2. The van der Waals surface area contributed by atoms with E-state index in [1.165, 1.54) is 26.0 Å². The summed E-state index contributed by atoms with van der Waals surface area (Å²) in [6.07, 6.45) is 0.237. The van der Waals surface area contributed by atoms with Gasteiger partial charge in [0.25, 0.3) is 0 Å². The predicted octanol–water partition coefficient (Wildman–Crippen LogP) is 3.98. The number of thioether (sulfide) groups is 1. The summed E-state index contributed by atoms with van der Waals surface area (Å²) in [5.41, 5.74) is 1.65. The standard InChI is InChI=1S/C20H20O4S2/c1-23-18(21)16(14-9-5-3-6-10-14)13-17(19(22)24-2)26-20(25)15-11-7-4-8-12-15/h3-12,16-17H,13H2,1-2H3. The average molecular weight is 389 g/mol. The number of esters is 2. The Hall–Kier alpha value is -2.18. The summed E-state index contributed by atoms with van der Waals surface area (Å²) < 4.78 is 10.4. The second kappa shape index (κ2) is 10.1. The molecule has 0 bridgehead atoms. The maximum atomic E-state index is 12.3. The summed E-state index contributed by atoms with van der Waals surface area (Å²) in [6, 6.07) is 18.7. The molecule has 0 aliphatic rings. The molecule has 0 saturated heterocycles. The Labute approximate surface area is 162 Å². The first-order chi connectivity index (χ1) is 12.6. The van der Waals surface area contributed by atoms with Gasteiger partial charge < -0.3 is 9.47 Å². The number of hydrogen-bond donors (Lipinski definition) is 0. The number of carbonyl (C=O) groups excluding carboxylic acids is 2. The van der Waals surface area contributed by atoms with E-state index < -0.39 is 23.1 Å². The van der Waals surface area contributed by atoms with Crippen molar-refractivity contribution < 1.29 is 19.1 Å². The molecule has 0 aliphatic heterocycles. The van der Waals surface area contributed by atoms with Crippen molar-refractivity contribution in [3.8, 4) is 0 Å². The van der Waals surface area contributed by atoms with E-state index in [1.807, 2.05) is 60.7 Å². The van der Waals surface area contributed by atoms with E-state index in [4.69, 9.17) is 21.7 Å². The van der Waals surface area contributed by atoms with Gasteiger partial charge in [-0.3, -0.25) is 9.59 Å². The van der Waals surface area contributed by atoms with E-state index >= 15 is 0 Å². The van der Waals surface area contributed by atoms with E-state index in [9.17, 15) is 9.59 Å². The molecular weight excluding hydrogens is 368 g/mol. The zero-order valence-electron chi connectivity index (χ0n) is 14.6. The predicted molar refractivity (Wildman–Crippen MR) is 107 cm³/mol. The summed E-state index contributed by atoms with van der Waals surface area (Å²) in [5.74, 6) is -1.38. The van der Waals surface area contributed by atoms with Crippen molar-refractivity contribution in [2.24, 2.45) is 0 Å². The first-order valence-electron chi connectivity index (χ1n) is 8.03. The molecule has 0 aromatic heterocycles. The molecule has 4 nitrogen and oxygen atoms in total. The number of thiocarbonyl (C=S) groups is 1. The Morgan fingerprint density at radius 1 is 0.923 bits per heavy atom. The van der Waals surface area contributed by atoms with Crippen LogP contribution in [0.4, 0.5) is 0 Å². The summed E-state index contributed by atoms with van der Waals surface area (Å²) >= 11 is 6.70. The molecule has 26 heavy (non-hydrogen) atoms. The molecule has 0 spiro atoms. The Balaban J connectivity index is 2.23. The second-order valence-electron chi connectivity index (χ2n) is 5.51. The third-order valence-corrected chi connectivity index (χ3v) is 5.50. The first-order valence-corrected chi connectivity index (χ1v) is 9.32. The number of rotatable bonds is 7. The molecule has 136 valence electrons. The fourth-order valence-electron chi connectivity index (χ4n) is 2.51. The van der Waals surface area contributed by atoms with Gasteiger partial charge in [0, 0.05) is 0 Å². The minimum atomic E-state index is -0.614. The maximum Gasteiger partial charge on any atom is 0.319 e. The van der Waals surface area contributed by atoms with Crippen LogP contribution in [-0.2, 0) is 19.1 Å². The monoisotopic (exact) mass is 388 g/mol. The van der Waals surface area contributed by atoms with Gasteiger partial charge in [0.1, 0.15) is 5.25 Å². The van der Waals surface area contributed by atoms with Gasteiger partial charge in [-0.1, -0.05) is 84.6 Å². The van der Waals surface area contributed by atoms with Gasteiger partial charge in [-0.05, 0) is 17.5 Å². The molecule has 6 heteroatoms. The Bertz CT molecular complexity index is 747. The molecular formula is C20H20O4S2. The van der Waals surface area contributed by atoms with Crippen molar-refractivity contribution in [1.29, 1.82) is 0 Å². The highest BCUT2D eigenvalue weighted by molar-refractivity contribution is 8.24. The van der Waals surface area contributed by atoms with Crippen LogP contribution in [-0.4, -0.2) is 35.6 Å². The molecule has 2 rings (SSSR count). The fourth-order valence-corrected chi connectivity index (χ4v) is 4.00. The molecule has 0 saturated carbocycles. The van der Waals surface area contributed by atoms with Gasteiger partial charge in [-0.25, -0.2) is 0 Å². The molecule has 2 unspecified atom stereocenters. The van der Waals surface area contributed by atoms with Gasteiger partial charge in [0.15, 0.2) is 0 Å². The lowest BCUT2D eigenvalue weighted by molar-refractivity contribution is -0.143. The highest BCUT2D eigenvalue weighted by Gasteiger charge is 2.31. The van der Waals surface area contributed by atoms with Gasteiger partial charge >= 0.3 is 11.9 Å². The smallest absolute Gasteiger partial charge is 0.319 e. The largest absolute Gasteiger partial charge is 0.469 e. The maximum absolute atomic E-state index is 12.3. The van der Waals surface area contributed by atoms with Crippen molar-refractivity contribution in [3.05, 3.63) is 71.8 Å². The van der Waals surface area contributed by atoms with Crippen LogP contribution in [0, 0.1) is 0 Å². The second-order valence-corrected chi connectivity index (χ2v) is 7.38. The summed E-state index contributed by atoms with van der Waals surface area (Å²) in [7, 11) is 2.67. The lowest BCUT2D eigenvalue weighted by Gasteiger charge is -2.21. The van der Waals surface area contributed by atoms with Gasteiger partial charge in [-0.2, -0.15) is 0 Å². The van der Waals surface area contributed by atoms with E-state index in [2.05, 4.69) is 0 Å². The van der Waals surface area contributed by atoms with E-state index in [1.54, 1.807) is 0 Å². The number of benzene rings is 2. The van der Waals surface area contributed by atoms with Crippen molar-refractivity contribution >= 4 is 40.1 Å². The van der Waals surface area contributed by atoms with Crippen molar-refractivity contribution in [2.45, 2.75) is 17.6 Å². The van der Waals surface area contributed by atoms with Gasteiger partial charge in [0.2, 0.25) is 0 Å². The Kier molecular flexibility index (Phi) is 7.81. The number of methoxy groups -OCH3 is 2. The molecule has 0 fully saturated rings. The van der Waals surface area contributed by atoms with Crippen LogP contribution < -0.4 is 0 Å². The molecule has 0 aliphatic carbocycles. The highest BCUT2D eigenvalue weighted by Crippen LogP contribution is 2.31. The van der Waals surface area contributed by atoms with Crippen LogP contribution in [0.1, 0.15) is 23.5 Å². The molecule has 2 aromatic rings. The molecule has 0 heterocycles. The molecule has 0 amide bonds. The van der Waals surface area contributed by atoms with Crippen LogP contribution in [0.15, 0.2) is 60.7 Å². The highest BCUT2D eigenvalue weighted by atomic mass is 32.2. The fraction of sp³-hybridized carbons (Fsp3) is 0.250. The summed E-state index contributed by atoms with van der Waals surface area (Å²) in [5, 5.41) is -0.614. The SMILES string of the molecule is COC(=O)C(CC(C(=O)OC)c1ccccc1)SC(=S)c1ccccc1. The quantitative estimate of drug-likeness (QED) is 0.528. The van der Waals surface area contributed by atoms with Gasteiger partial charge in [0.05, 0.1) is 24.3 Å². The number of ether oxygens (including phenoxy) is 2. The topological polar surface area (TPSA) is 52.6 Å². The van der Waals surface area contributed by atoms with Crippen LogP contribution in [0.3, 0.4) is 0 Å². The third-order valence-electron chi connectivity index (χ3n) is 3.86. The van der Waals surface area contributed by atoms with Crippen molar-refractivity contribution in [2.75, 3.05) is 14.2 Å². The molecule has 2 aromatic carbocycles. The van der Waals surface area contributed by atoms with Crippen molar-refractivity contribution in [1.82, 2.24) is 0 Å². The number of carbonyl (C=O) groups is 2. The lowest BCUT2D eigenvalue weighted by atomic mass is 9.94. The Morgan fingerprint density at radius 2 is 1.46 bits per heavy atom. The lowest BCUT2D eigenvalue weighted by Crippen LogP contribution is -2.26. The van der Waals surface area contributed by atoms with E-state index in [-0.39, 0.29) is 6.42 Å². The molecule has 0 radical (unpaired) electrons. The normalized spacial score (nSPS) is 12.7. The van der Waals surface area contributed by atoms with E-state index in [0.29, 0.717) is 4.20 Å². The van der Waals surface area contributed by atoms with Gasteiger partial charge in [-0.15, -0.1) is 0 Å². The van der Waals surface area contributed by atoms with E-state index in [0.717, 1.165) is 11.1 Å². The third kappa shape index (κ3) is 5.41. The summed E-state index contributed by atoms with van der Waals surface area (Å²) in [4.78, 5) is 24.6. The minimum absolute atomic E-state index is 0.237. The van der Waals surface area contributed by atoms with Crippen LogP contribution in [0.5, 0.6) is 0 Å². The molecule has 0 N–H and O–H groups in total. The van der Waals surface area contributed by atoms with Crippen LogP contribution in [0.25, 0.3) is 0 Å². The first kappa shape index (κ1) is 20.1. The van der Waals surface area contributed by atoms with Crippen molar-refractivity contribution in [3.63, 3.8) is 0 Å². The number of hydrogen-bond acceptors (Lipinski definition) is 6. The zero-order chi connectivity index (χ0) is 18.9. The van der Waals surface area contributed by atoms with Crippen LogP contribution >= 0.6 is 24.0 Å². The van der Waals surface area contributed by atoms with Crippen LogP contribution in [0.2, 0.25) is 0 Å². The molecule has 2 atom stereocenters. The Morgan fingerprint density at radius 3 is 2.00 bits per heavy atom.